The summed E-state index contributed by atoms with van der Waals surface area (Å²) < 4.78 is 0. The summed E-state index contributed by atoms with van der Waals surface area (Å²) in [4.78, 5) is 15.4. The summed E-state index contributed by atoms with van der Waals surface area (Å²) in [5.74, 6) is 0.0400. The van der Waals surface area contributed by atoms with E-state index in [1.807, 2.05) is 12.3 Å². The van der Waals surface area contributed by atoms with Gasteiger partial charge in [0.25, 0.3) is 0 Å². The number of nitrogens with one attached hydrogen (secondary N) is 1. The summed E-state index contributed by atoms with van der Waals surface area (Å²) in [6.07, 6.45) is 2.94. The first-order valence-corrected chi connectivity index (χ1v) is 5.48. The third kappa shape index (κ3) is 7.00. The van der Waals surface area contributed by atoms with E-state index in [4.69, 9.17) is 5.73 Å². The Morgan fingerprint density at radius 1 is 1.62 bits per heavy atom. The molecule has 0 aliphatic carbocycles. The summed E-state index contributed by atoms with van der Waals surface area (Å²) in [6, 6.07) is 0.0544. The Balaban J connectivity index is 0. The van der Waals surface area contributed by atoms with E-state index in [9.17, 15) is 4.79 Å². The van der Waals surface area contributed by atoms with Crippen LogP contribution in [0.5, 0.6) is 0 Å². The molecule has 1 aromatic rings. The Labute approximate surface area is 112 Å². The van der Waals surface area contributed by atoms with Gasteiger partial charge in [0.05, 0.1) is 5.01 Å². The van der Waals surface area contributed by atoms with Crippen LogP contribution in [-0.4, -0.2) is 23.5 Å². The van der Waals surface area contributed by atoms with Crippen molar-refractivity contribution in [3.05, 3.63) is 16.6 Å². The van der Waals surface area contributed by atoms with Crippen LogP contribution in [0.25, 0.3) is 0 Å². The van der Waals surface area contributed by atoms with E-state index in [2.05, 4.69) is 10.3 Å². The van der Waals surface area contributed by atoms with E-state index in [1.54, 1.807) is 17.5 Å². The minimum Gasteiger partial charge on any atom is -0.352 e. The molecule has 0 fully saturated rings. The van der Waals surface area contributed by atoms with Crippen LogP contribution in [0.3, 0.4) is 0 Å². The average molecular weight is 286 g/mol. The lowest BCUT2D eigenvalue weighted by Crippen LogP contribution is -2.37. The number of hydrogen-bond acceptors (Lipinski definition) is 4. The van der Waals surface area contributed by atoms with Crippen LogP contribution >= 0.6 is 36.2 Å². The monoisotopic (exact) mass is 285 g/mol. The van der Waals surface area contributed by atoms with Gasteiger partial charge in [-0.25, -0.2) is 4.98 Å². The number of thiazole rings is 1. The second-order valence-corrected chi connectivity index (χ2v) is 4.11. The van der Waals surface area contributed by atoms with Crippen LogP contribution in [0.4, 0.5) is 0 Å². The fraction of sp³-hybridized carbons (Fsp3) is 0.556. The molecule has 0 aromatic carbocycles. The lowest BCUT2D eigenvalue weighted by atomic mass is 10.2. The van der Waals surface area contributed by atoms with E-state index in [1.165, 1.54) is 0 Å². The van der Waals surface area contributed by atoms with Crippen molar-refractivity contribution in [2.24, 2.45) is 5.73 Å². The average Bonchev–Trinajstić information content (AvgIpc) is 2.67. The van der Waals surface area contributed by atoms with Gasteiger partial charge in [-0.2, -0.15) is 0 Å². The molecule has 1 aromatic heterocycles. The standard InChI is InChI=1S/C9H15N3OS.2ClH/c1-7(6-10)12-8(13)2-3-9-11-4-5-14-9;;/h4-5,7H,2-3,6,10H2,1H3,(H,12,13);2*1H/t7-;;/m1../s1. The Kier molecular flexibility index (Phi) is 11.1. The summed E-state index contributed by atoms with van der Waals surface area (Å²) in [7, 11) is 0. The number of aryl methyl sites for hydroxylation is 1. The van der Waals surface area contributed by atoms with Crippen molar-refractivity contribution >= 4 is 42.1 Å². The van der Waals surface area contributed by atoms with Gasteiger partial charge in [0, 0.05) is 37.0 Å². The third-order valence-electron chi connectivity index (χ3n) is 1.81. The minimum atomic E-state index is 0. The third-order valence-corrected chi connectivity index (χ3v) is 2.65. The van der Waals surface area contributed by atoms with Gasteiger partial charge < -0.3 is 11.1 Å². The number of nitrogens with two attached hydrogens (primary N) is 1. The molecular weight excluding hydrogens is 269 g/mol. The van der Waals surface area contributed by atoms with Crippen molar-refractivity contribution in [1.29, 1.82) is 0 Å². The van der Waals surface area contributed by atoms with Crippen molar-refractivity contribution in [2.75, 3.05) is 6.54 Å². The Morgan fingerprint density at radius 3 is 2.81 bits per heavy atom. The quantitative estimate of drug-likeness (QED) is 0.859. The molecule has 16 heavy (non-hydrogen) atoms. The van der Waals surface area contributed by atoms with Crippen molar-refractivity contribution in [2.45, 2.75) is 25.8 Å². The van der Waals surface area contributed by atoms with Gasteiger partial charge >= 0.3 is 0 Å². The van der Waals surface area contributed by atoms with Gasteiger partial charge in [-0.05, 0) is 6.92 Å². The van der Waals surface area contributed by atoms with E-state index < -0.39 is 0 Å². The maximum Gasteiger partial charge on any atom is 0.220 e. The predicted octanol–water partition coefficient (Wildman–Crippen LogP) is 1.38. The molecule has 1 heterocycles. The molecule has 1 atom stereocenters. The molecule has 0 saturated heterocycles. The molecule has 0 aliphatic rings. The lowest BCUT2D eigenvalue weighted by molar-refractivity contribution is -0.121. The number of aromatic nitrogens is 1. The Hall–Kier alpha value is -0.360. The van der Waals surface area contributed by atoms with Gasteiger partial charge in [-0.3, -0.25) is 4.79 Å². The lowest BCUT2D eigenvalue weighted by Gasteiger charge is -2.10. The fourth-order valence-corrected chi connectivity index (χ4v) is 1.62. The number of carbonyl (C=O) groups is 1. The van der Waals surface area contributed by atoms with Crippen LogP contribution in [0.15, 0.2) is 11.6 Å². The van der Waals surface area contributed by atoms with E-state index >= 15 is 0 Å². The molecular formula is C9H17Cl2N3OS. The largest absolute Gasteiger partial charge is 0.352 e. The highest BCUT2D eigenvalue weighted by Crippen LogP contribution is 2.06. The number of rotatable bonds is 5. The maximum absolute atomic E-state index is 11.3. The molecule has 1 amide bonds. The molecule has 0 unspecified atom stereocenters. The van der Waals surface area contributed by atoms with Crippen LogP contribution in [-0.2, 0) is 11.2 Å². The number of amides is 1. The minimum absolute atomic E-state index is 0. The van der Waals surface area contributed by atoms with E-state index in [0.717, 1.165) is 5.01 Å². The van der Waals surface area contributed by atoms with Crippen LogP contribution < -0.4 is 11.1 Å². The van der Waals surface area contributed by atoms with Crippen molar-refractivity contribution in [3.8, 4) is 0 Å². The summed E-state index contributed by atoms with van der Waals surface area (Å²) >= 11 is 1.57. The van der Waals surface area contributed by atoms with Gasteiger partial charge in [0.15, 0.2) is 0 Å². The number of carbonyl (C=O) groups excluding carboxylic acids is 1. The molecule has 0 bridgehead atoms. The normalized spacial score (nSPS) is 10.9. The summed E-state index contributed by atoms with van der Waals surface area (Å²) in [5, 5.41) is 5.72. The van der Waals surface area contributed by atoms with Crippen LogP contribution in [0.2, 0.25) is 0 Å². The van der Waals surface area contributed by atoms with Crippen molar-refractivity contribution in [1.82, 2.24) is 10.3 Å². The molecule has 4 nitrogen and oxygen atoms in total. The van der Waals surface area contributed by atoms with Gasteiger partial charge in [-0.1, -0.05) is 0 Å². The molecule has 0 saturated carbocycles. The first-order chi connectivity index (χ1) is 6.72. The molecule has 94 valence electrons. The van der Waals surface area contributed by atoms with Gasteiger partial charge in [0.1, 0.15) is 0 Å². The van der Waals surface area contributed by atoms with Crippen LogP contribution in [0.1, 0.15) is 18.4 Å². The van der Waals surface area contributed by atoms with Crippen molar-refractivity contribution < 1.29 is 4.79 Å². The topological polar surface area (TPSA) is 68.0 Å². The predicted molar refractivity (Wildman–Crippen MR) is 71.6 cm³/mol. The highest BCUT2D eigenvalue weighted by Gasteiger charge is 2.06. The van der Waals surface area contributed by atoms with Gasteiger partial charge in [0.2, 0.25) is 5.91 Å². The summed E-state index contributed by atoms with van der Waals surface area (Å²) in [5.41, 5.74) is 5.39. The zero-order valence-electron chi connectivity index (χ0n) is 9.01. The molecule has 1 rings (SSSR count). The molecule has 7 heteroatoms. The molecule has 0 aliphatic heterocycles. The zero-order chi connectivity index (χ0) is 10.4. The van der Waals surface area contributed by atoms with Crippen LogP contribution in [0, 0.1) is 0 Å². The Morgan fingerprint density at radius 2 is 2.31 bits per heavy atom. The fourth-order valence-electron chi connectivity index (χ4n) is 1.00. The molecule has 0 radical (unpaired) electrons. The second kappa shape index (κ2) is 9.84. The van der Waals surface area contributed by atoms with Gasteiger partial charge in [-0.15, -0.1) is 36.2 Å². The second-order valence-electron chi connectivity index (χ2n) is 3.13. The number of nitrogens with zero attached hydrogens (tertiary/aromatic N) is 1. The van der Waals surface area contributed by atoms with Crippen molar-refractivity contribution in [3.63, 3.8) is 0 Å². The highest BCUT2D eigenvalue weighted by atomic mass is 35.5. The number of halogens is 2. The smallest absolute Gasteiger partial charge is 0.220 e. The van der Waals surface area contributed by atoms with E-state index in [-0.39, 0.29) is 36.8 Å². The first-order valence-electron chi connectivity index (χ1n) is 4.60. The number of hydrogen-bond donors (Lipinski definition) is 2. The summed E-state index contributed by atoms with van der Waals surface area (Å²) in [6.45, 7) is 2.37. The zero-order valence-corrected chi connectivity index (χ0v) is 11.5. The first kappa shape index (κ1) is 18.0. The van der Waals surface area contributed by atoms with E-state index in [0.29, 0.717) is 19.4 Å². The Bertz CT molecular complexity index is 282. The SMILES string of the molecule is C[C@H](CN)NC(=O)CCc1nccs1.Cl.Cl. The molecule has 0 spiro atoms. The molecule has 3 N–H and O–H groups in total. The maximum atomic E-state index is 11.3. The highest BCUT2D eigenvalue weighted by molar-refractivity contribution is 7.09.